The average Bonchev–Trinajstić information content (AvgIpc) is 2.88. The molecule has 2 heterocycles. The molecule has 38 heavy (non-hydrogen) atoms. The molecule has 0 fully saturated rings. The van der Waals surface area contributed by atoms with E-state index < -0.39 is 17.6 Å². The number of carbonyl (C=O) groups excluding carboxylic acids is 1. The summed E-state index contributed by atoms with van der Waals surface area (Å²) in [5.41, 5.74) is -0.437. The number of hydrogen-bond acceptors (Lipinski definition) is 8. The monoisotopic (exact) mass is 550 g/mol. The maximum atomic E-state index is 13.6. The first kappa shape index (κ1) is 27.3. The van der Waals surface area contributed by atoms with Crippen molar-refractivity contribution in [3.63, 3.8) is 0 Å². The lowest BCUT2D eigenvalue weighted by atomic mass is 10.1. The number of alkyl halides is 3. The molecule has 2 N–H and O–H groups in total. The van der Waals surface area contributed by atoms with E-state index in [2.05, 4.69) is 20.6 Å². The molecule has 0 bridgehead atoms. The number of anilines is 3. The number of ether oxygens (including phenoxy) is 2. The maximum Gasteiger partial charge on any atom is 0.416 e. The first-order chi connectivity index (χ1) is 18.0. The molecular formula is C25H26ClF3N6O3. The molecule has 1 aromatic heterocycles. The van der Waals surface area contributed by atoms with Gasteiger partial charge in [-0.25, -0.2) is 4.98 Å². The number of nitrogens with zero attached hydrogens (tertiary/aromatic N) is 4. The predicted octanol–water partition coefficient (Wildman–Crippen LogP) is 5.00. The highest BCUT2D eigenvalue weighted by molar-refractivity contribution is 6.32. The van der Waals surface area contributed by atoms with Gasteiger partial charge in [-0.3, -0.25) is 4.79 Å². The van der Waals surface area contributed by atoms with Crippen LogP contribution in [0.4, 0.5) is 30.4 Å². The third kappa shape index (κ3) is 6.56. The van der Waals surface area contributed by atoms with Gasteiger partial charge in [-0.2, -0.15) is 18.2 Å². The number of carbonyl (C=O) groups is 1. The van der Waals surface area contributed by atoms with E-state index in [1.54, 1.807) is 11.9 Å². The number of aromatic nitrogens is 2. The van der Waals surface area contributed by atoms with Crippen molar-refractivity contribution >= 4 is 34.7 Å². The molecule has 0 saturated heterocycles. The van der Waals surface area contributed by atoms with Crippen LogP contribution in [0.25, 0.3) is 0 Å². The van der Waals surface area contributed by atoms with Crippen LogP contribution in [0.15, 0.2) is 42.7 Å². The largest absolute Gasteiger partial charge is 0.483 e. The van der Waals surface area contributed by atoms with Gasteiger partial charge in [-0.1, -0.05) is 11.6 Å². The molecule has 0 spiro atoms. The van der Waals surface area contributed by atoms with Crippen molar-refractivity contribution in [3.05, 3.63) is 58.9 Å². The van der Waals surface area contributed by atoms with Crippen LogP contribution in [0.5, 0.6) is 17.4 Å². The number of hydrogen-bond donors (Lipinski definition) is 2. The summed E-state index contributed by atoms with van der Waals surface area (Å²) in [6.45, 7) is 2.09. The zero-order valence-electron chi connectivity index (χ0n) is 20.9. The summed E-state index contributed by atoms with van der Waals surface area (Å²) in [6, 6.07) is 7.71. The molecule has 2 aromatic carbocycles. The zero-order valence-corrected chi connectivity index (χ0v) is 21.7. The Bertz CT molecular complexity index is 1320. The van der Waals surface area contributed by atoms with Crippen LogP contribution in [-0.2, 0) is 6.18 Å². The second-order valence-electron chi connectivity index (χ2n) is 8.82. The van der Waals surface area contributed by atoms with Gasteiger partial charge in [0.25, 0.3) is 11.8 Å². The Kier molecular flexibility index (Phi) is 8.12. The van der Waals surface area contributed by atoms with Crippen molar-refractivity contribution in [3.8, 4) is 17.4 Å². The Morgan fingerprint density at radius 2 is 1.95 bits per heavy atom. The first-order valence-corrected chi connectivity index (χ1v) is 12.0. The van der Waals surface area contributed by atoms with E-state index in [0.717, 1.165) is 12.1 Å². The van der Waals surface area contributed by atoms with E-state index in [4.69, 9.17) is 21.1 Å². The summed E-state index contributed by atoms with van der Waals surface area (Å²) in [4.78, 5) is 24.8. The topological polar surface area (TPSA) is 91.9 Å². The Morgan fingerprint density at radius 3 is 2.68 bits per heavy atom. The summed E-state index contributed by atoms with van der Waals surface area (Å²) in [5, 5.41) is 5.81. The highest BCUT2D eigenvalue weighted by Crippen LogP contribution is 2.39. The van der Waals surface area contributed by atoms with Crippen LogP contribution in [0.3, 0.4) is 0 Å². The minimum Gasteiger partial charge on any atom is -0.483 e. The van der Waals surface area contributed by atoms with E-state index in [-0.39, 0.29) is 27.9 Å². The van der Waals surface area contributed by atoms with Crippen molar-refractivity contribution < 1.29 is 27.4 Å². The lowest BCUT2D eigenvalue weighted by molar-refractivity contribution is -0.137. The van der Waals surface area contributed by atoms with Crippen LogP contribution < -0.4 is 25.0 Å². The lowest BCUT2D eigenvalue weighted by Crippen LogP contribution is -2.28. The second kappa shape index (κ2) is 11.3. The summed E-state index contributed by atoms with van der Waals surface area (Å²) >= 11 is 6.28. The Hall–Kier alpha value is -3.77. The molecule has 9 nitrogen and oxygen atoms in total. The number of fused-ring (bicyclic) bond motifs is 1. The molecule has 3 aromatic rings. The highest BCUT2D eigenvalue weighted by atomic mass is 35.5. The van der Waals surface area contributed by atoms with E-state index in [1.165, 1.54) is 30.6 Å². The smallest absolute Gasteiger partial charge is 0.416 e. The number of halogens is 4. The maximum absolute atomic E-state index is 13.6. The zero-order chi connectivity index (χ0) is 27.4. The molecular weight excluding hydrogens is 525 g/mol. The van der Waals surface area contributed by atoms with Gasteiger partial charge in [0.15, 0.2) is 5.82 Å². The molecule has 1 aliphatic heterocycles. The minimum absolute atomic E-state index is 0.00158. The number of likely N-dealkylation sites (N-methyl/N-ethyl adjacent to an activating group) is 2. The first-order valence-electron chi connectivity index (χ1n) is 11.6. The van der Waals surface area contributed by atoms with Gasteiger partial charge in [-0.05, 0) is 50.5 Å². The molecule has 0 aliphatic carbocycles. The van der Waals surface area contributed by atoms with Crippen LogP contribution in [0.1, 0.15) is 15.9 Å². The highest BCUT2D eigenvalue weighted by Gasteiger charge is 2.32. The van der Waals surface area contributed by atoms with Gasteiger partial charge in [0.2, 0.25) is 5.75 Å². The summed E-state index contributed by atoms with van der Waals surface area (Å²) < 4.78 is 52.3. The van der Waals surface area contributed by atoms with E-state index in [9.17, 15) is 18.0 Å². The van der Waals surface area contributed by atoms with Crippen molar-refractivity contribution in [2.24, 2.45) is 0 Å². The SMILES string of the molecule is CN(C)CCN(C)c1cc(NC(=O)c2ccc(Cl)c(Oc3ncnc4c3OCCN4)c2)cc(C(F)(F)F)c1. The van der Waals surface area contributed by atoms with E-state index in [1.807, 2.05) is 19.0 Å². The standard InChI is InChI=1S/C25H26ClF3N6O3/c1-34(2)7-8-35(3)18-12-16(25(27,28)29)11-17(13-18)33-23(36)15-4-5-19(26)20(10-15)38-24-21-22(31-14-32-24)30-6-9-37-21/h4-5,10-14H,6-9H2,1-3H3,(H,33,36)(H,30,31,32). The third-order valence-electron chi connectivity index (χ3n) is 5.64. The summed E-state index contributed by atoms with van der Waals surface area (Å²) in [6.07, 6.45) is -3.30. The average molecular weight is 551 g/mol. The number of rotatable bonds is 8. The van der Waals surface area contributed by atoms with Gasteiger partial charge in [0, 0.05) is 37.1 Å². The molecule has 1 aliphatic rings. The van der Waals surface area contributed by atoms with Crippen molar-refractivity contribution in [1.82, 2.24) is 14.9 Å². The van der Waals surface area contributed by atoms with Gasteiger partial charge in [-0.15, -0.1) is 0 Å². The molecule has 202 valence electrons. The summed E-state index contributed by atoms with van der Waals surface area (Å²) in [5.74, 6) is 0.338. The van der Waals surface area contributed by atoms with Crippen molar-refractivity contribution in [2.45, 2.75) is 6.18 Å². The van der Waals surface area contributed by atoms with Gasteiger partial charge < -0.3 is 29.9 Å². The molecule has 0 unspecified atom stereocenters. The predicted molar refractivity (Wildman–Crippen MR) is 139 cm³/mol. The Labute approximate surface area is 222 Å². The van der Waals surface area contributed by atoms with E-state index in [0.29, 0.717) is 43.5 Å². The normalized spacial score (nSPS) is 12.8. The number of nitrogens with one attached hydrogen (secondary N) is 2. The Morgan fingerprint density at radius 1 is 1.16 bits per heavy atom. The lowest BCUT2D eigenvalue weighted by Gasteiger charge is -2.23. The fourth-order valence-electron chi connectivity index (χ4n) is 3.59. The van der Waals surface area contributed by atoms with Crippen molar-refractivity contribution in [1.29, 1.82) is 0 Å². The second-order valence-corrected chi connectivity index (χ2v) is 9.23. The molecule has 0 radical (unpaired) electrons. The van der Waals surface area contributed by atoms with Gasteiger partial charge in [0.05, 0.1) is 17.1 Å². The van der Waals surface area contributed by atoms with Crippen molar-refractivity contribution in [2.75, 3.05) is 62.9 Å². The molecule has 4 rings (SSSR count). The molecule has 1 amide bonds. The molecule has 13 heteroatoms. The van der Waals surface area contributed by atoms with Crippen LogP contribution >= 0.6 is 11.6 Å². The number of amides is 1. The van der Waals surface area contributed by atoms with E-state index >= 15 is 0 Å². The minimum atomic E-state index is -4.59. The fourth-order valence-corrected chi connectivity index (χ4v) is 3.74. The quantitative estimate of drug-likeness (QED) is 0.405. The molecule has 0 saturated carbocycles. The Balaban J connectivity index is 1.58. The van der Waals surface area contributed by atoms with Gasteiger partial charge in [0.1, 0.15) is 18.7 Å². The number of benzene rings is 2. The fraction of sp³-hybridized carbons (Fsp3) is 0.320. The van der Waals surface area contributed by atoms with Crippen LogP contribution in [-0.4, -0.2) is 68.2 Å². The summed E-state index contributed by atoms with van der Waals surface area (Å²) in [7, 11) is 5.44. The third-order valence-corrected chi connectivity index (χ3v) is 5.95. The molecule has 0 atom stereocenters. The van der Waals surface area contributed by atoms with Crippen LogP contribution in [0.2, 0.25) is 5.02 Å². The van der Waals surface area contributed by atoms with Gasteiger partial charge >= 0.3 is 6.18 Å². The van der Waals surface area contributed by atoms with Crippen LogP contribution in [0, 0.1) is 0 Å².